The Morgan fingerprint density at radius 1 is 1.00 bits per heavy atom. The van der Waals surface area contributed by atoms with Gasteiger partial charge in [0.05, 0.1) is 0 Å². The predicted octanol–water partition coefficient (Wildman–Crippen LogP) is -1.40. The second-order valence-electron chi connectivity index (χ2n) is 0.852. The summed E-state index contributed by atoms with van der Waals surface area (Å²) in [7, 11) is 0. The largest absolute Gasteiger partial charge is 0.274 e. The first kappa shape index (κ1) is 6.86. The van der Waals surface area contributed by atoms with Gasteiger partial charge < -0.3 is 0 Å². The first-order valence-corrected chi connectivity index (χ1v) is 1.59. The van der Waals surface area contributed by atoms with Crippen molar-refractivity contribution in [2.45, 2.75) is 0 Å². The molecule has 0 fully saturated rings. The van der Waals surface area contributed by atoms with E-state index in [0.29, 0.717) is 0 Å². The molecule has 46 valence electrons. The van der Waals surface area contributed by atoms with Gasteiger partial charge in [0.15, 0.2) is 0 Å². The number of rotatable bonds is 3. The van der Waals surface area contributed by atoms with Gasteiger partial charge in [-0.1, -0.05) is 0 Å². The van der Waals surface area contributed by atoms with Crippen molar-refractivity contribution in [2.75, 3.05) is 0 Å². The van der Waals surface area contributed by atoms with E-state index in [-0.39, 0.29) is 23.2 Å². The number of hydrogen-bond donors (Lipinski definition) is 2. The summed E-state index contributed by atoms with van der Waals surface area (Å²) < 4.78 is 0. The molecule has 0 saturated heterocycles. The summed E-state index contributed by atoms with van der Waals surface area (Å²) in [6.07, 6.45) is -0.289. The predicted molar refractivity (Wildman–Crippen MR) is 19.4 cm³/mol. The van der Waals surface area contributed by atoms with Gasteiger partial charge in [-0.25, -0.2) is 0 Å². The maximum Gasteiger partial charge on any atom is 0.257 e. The minimum Gasteiger partial charge on any atom is -0.274 e. The zero-order valence-electron chi connectivity index (χ0n) is 3.76. The Bertz CT molecular complexity index is 82.0. The van der Waals surface area contributed by atoms with Gasteiger partial charge in [0, 0.05) is 0 Å². The van der Waals surface area contributed by atoms with E-state index >= 15 is 0 Å². The van der Waals surface area contributed by atoms with Crippen LogP contribution in [0.1, 0.15) is 0 Å². The van der Waals surface area contributed by atoms with Crippen LogP contribution in [0.4, 0.5) is 0 Å². The second kappa shape index (κ2) is 2.94. The lowest BCUT2D eigenvalue weighted by atomic mass is 11.3. The molecule has 0 aromatic carbocycles. The van der Waals surface area contributed by atoms with Gasteiger partial charge in [-0.2, -0.15) is 0 Å². The number of nitrogens with zero attached hydrogens (tertiary/aromatic N) is 2. The van der Waals surface area contributed by atoms with Crippen molar-refractivity contribution in [3.63, 3.8) is 0 Å². The number of carbonyl (C=O) groups is 2. The quantitative estimate of drug-likeness (QED) is 0.272. The van der Waals surface area contributed by atoms with Crippen LogP contribution in [0.3, 0.4) is 0 Å². The molecule has 0 aliphatic rings. The summed E-state index contributed by atoms with van der Waals surface area (Å²) in [5, 5.41) is 15.4. The molecule has 0 saturated carbocycles. The highest BCUT2D eigenvalue weighted by molar-refractivity contribution is 5.51. The van der Waals surface area contributed by atoms with E-state index < -0.39 is 0 Å². The van der Waals surface area contributed by atoms with E-state index in [4.69, 9.17) is 10.4 Å². The van der Waals surface area contributed by atoms with Crippen LogP contribution in [-0.4, -0.2) is 33.6 Å². The molecule has 6 nitrogen and oxygen atoms in total. The fourth-order valence-electron chi connectivity index (χ4n) is 0.0966. The Hall–Kier alpha value is -1.14. The highest BCUT2D eigenvalue weighted by Gasteiger charge is 2.00. The van der Waals surface area contributed by atoms with Crippen LogP contribution < -0.4 is 0 Å². The Kier molecular flexibility index (Phi) is 2.52. The fraction of sp³-hybridized carbons (Fsp3) is 0. The third-order valence-corrected chi connectivity index (χ3v) is 0.399. The van der Waals surface area contributed by atoms with E-state index in [1.165, 1.54) is 0 Å². The number of hydroxylamine groups is 2. The topological polar surface area (TPSA) is 81.1 Å². The maximum atomic E-state index is 9.42. The first-order chi connectivity index (χ1) is 3.72. The van der Waals surface area contributed by atoms with Crippen molar-refractivity contribution >= 4 is 12.8 Å². The lowest BCUT2D eigenvalue weighted by Crippen LogP contribution is -2.35. The van der Waals surface area contributed by atoms with Crippen LogP contribution in [0, 0.1) is 0 Å². The van der Waals surface area contributed by atoms with Crippen LogP contribution in [0.5, 0.6) is 0 Å². The summed E-state index contributed by atoms with van der Waals surface area (Å²) in [5.41, 5.74) is 0. The van der Waals surface area contributed by atoms with Gasteiger partial charge >= 0.3 is 0 Å². The molecule has 2 amide bonds. The van der Waals surface area contributed by atoms with E-state index in [9.17, 15) is 9.59 Å². The molecule has 0 bridgehead atoms. The summed E-state index contributed by atoms with van der Waals surface area (Å²) >= 11 is 0. The van der Waals surface area contributed by atoms with Gasteiger partial charge in [0.25, 0.3) is 12.8 Å². The standard InChI is InChI=1S/C2H4N2O4/c5-1-3(7)4(8)2-6/h1-2,7-8H. The number of hydrazine groups is 1. The number of carbonyl (C=O) groups excluding carboxylic acids is 2. The molecule has 6 heteroatoms. The molecular weight excluding hydrogens is 116 g/mol. The summed E-state index contributed by atoms with van der Waals surface area (Å²) in [5.74, 6) is 0. The molecule has 0 radical (unpaired) electrons. The third-order valence-electron chi connectivity index (χ3n) is 0.399. The second-order valence-corrected chi connectivity index (χ2v) is 0.852. The summed E-state index contributed by atoms with van der Waals surface area (Å²) in [4.78, 5) is 18.8. The zero-order chi connectivity index (χ0) is 6.57. The lowest BCUT2D eigenvalue weighted by molar-refractivity contribution is -0.311. The fourth-order valence-corrected chi connectivity index (χ4v) is 0.0966. The monoisotopic (exact) mass is 120 g/mol. The Balaban J connectivity index is 3.60. The van der Waals surface area contributed by atoms with Gasteiger partial charge in [0.1, 0.15) is 0 Å². The zero-order valence-corrected chi connectivity index (χ0v) is 3.76. The molecule has 0 aromatic rings. The molecule has 0 aliphatic heterocycles. The van der Waals surface area contributed by atoms with Crippen LogP contribution in [0.2, 0.25) is 0 Å². The summed E-state index contributed by atoms with van der Waals surface area (Å²) in [6.45, 7) is 0. The van der Waals surface area contributed by atoms with Crippen LogP contribution >= 0.6 is 0 Å². The lowest BCUT2D eigenvalue weighted by Gasteiger charge is -2.12. The van der Waals surface area contributed by atoms with Crippen molar-refractivity contribution in [2.24, 2.45) is 0 Å². The van der Waals surface area contributed by atoms with Crippen LogP contribution in [0.25, 0.3) is 0 Å². The highest BCUT2D eigenvalue weighted by atomic mass is 16.7. The third kappa shape index (κ3) is 1.54. The van der Waals surface area contributed by atoms with Gasteiger partial charge in [-0.05, 0) is 0 Å². The minimum absolute atomic E-state index is 0.144. The number of hydrogen-bond acceptors (Lipinski definition) is 4. The molecule has 0 aromatic heterocycles. The molecule has 0 aliphatic carbocycles. The molecule has 0 heterocycles. The average Bonchev–Trinajstić information content (AvgIpc) is 1.84. The van der Waals surface area contributed by atoms with E-state index in [1.54, 1.807) is 0 Å². The van der Waals surface area contributed by atoms with Crippen molar-refractivity contribution < 1.29 is 20.0 Å². The number of amides is 2. The van der Waals surface area contributed by atoms with Gasteiger partial charge in [-0.3, -0.25) is 20.0 Å². The maximum absolute atomic E-state index is 9.42. The molecule has 8 heavy (non-hydrogen) atoms. The van der Waals surface area contributed by atoms with Crippen molar-refractivity contribution in [3.8, 4) is 0 Å². The van der Waals surface area contributed by atoms with E-state index in [1.807, 2.05) is 0 Å². The smallest absolute Gasteiger partial charge is 0.257 e. The molecule has 0 spiro atoms. The Labute approximate surface area is 44.4 Å². The molecule has 2 N–H and O–H groups in total. The van der Waals surface area contributed by atoms with Crippen LogP contribution in [0.15, 0.2) is 0 Å². The van der Waals surface area contributed by atoms with Crippen molar-refractivity contribution in [1.29, 1.82) is 0 Å². The first-order valence-electron chi connectivity index (χ1n) is 1.59. The van der Waals surface area contributed by atoms with Gasteiger partial charge in [0.2, 0.25) is 0 Å². The molecule has 0 unspecified atom stereocenters. The summed E-state index contributed by atoms with van der Waals surface area (Å²) in [6, 6.07) is 0. The molecule has 0 atom stereocenters. The minimum atomic E-state index is -0.312. The van der Waals surface area contributed by atoms with Gasteiger partial charge in [-0.15, -0.1) is 10.3 Å². The average molecular weight is 120 g/mol. The SMILES string of the molecule is O=CN(O)N(O)C=O. The molecule has 0 rings (SSSR count). The Morgan fingerprint density at radius 3 is 1.38 bits per heavy atom. The van der Waals surface area contributed by atoms with Crippen LogP contribution in [-0.2, 0) is 9.59 Å². The van der Waals surface area contributed by atoms with Crippen molar-refractivity contribution in [1.82, 2.24) is 10.3 Å². The Morgan fingerprint density at radius 2 is 1.25 bits per heavy atom. The van der Waals surface area contributed by atoms with Crippen molar-refractivity contribution in [3.05, 3.63) is 0 Å². The normalized spacial score (nSPS) is 7.75. The van der Waals surface area contributed by atoms with E-state index in [0.717, 1.165) is 0 Å². The van der Waals surface area contributed by atoms with E-state index in [2.05, 4.69) is 0 Å². The highest BCUT2D eigenvalue weighted by Crippen LogP contribution is 1.75. The molecular formula is C2H4N2O4.